The van der Waals surface area contributed by atoms with Crippen molar-refractivity contribution in [3.05, 3.63) is 36.2 Å². The average molecular weight is 393 g/mol. The predicted molar refractivity (Wildman–Crippen MR) is 98.0 cm³/mol. The van der Waals surface area contributed by atoms with Gasteiger partial charge in [0.25, 0.3) is 5.89 Å². The third kappa shape index (κ3) is 4.54. The molecule has 1 aromatic carbocycles. The lowest BCUT2D eigenvalue weighted by molar-refractivity contribution is -0.156. The van der Waals surface area contributed by atoms with E-state index >= 15 is 0 Å². The van der Waals surface area contributed by atoms with Crippen molar-refractivity contribution in [1.82, 2.24) is 14.5 Å². The van der Waals surface area contributed by atoms with Crippen LogP contribution in [-0.2, 0) is 19.6 Å². The molecule has 1 atom stereocenters. The van der Waals surface area contributed by atoms with Crippen LogP contribution < -0.4 is 0 Å². The van der Waals surface area contributed by atoms with E-state index in [9.17, 15) is 13.2 Å². The molecular formula is C18H23N3O5S. The largest absolute Gasteiger partial charge is 0.452 e. The number of hydrogen-bond donors (Lipinski definition) is 0. The molecule has 0 radical (unpaired) electrons. The fourth-order valence-electron chi connectivity index (χ4n) is 2.97. The van der Waals surface area contributed by atoms with Crippen LogP contribution in [0.25, 0.3) is 11.5 Å². The van der Waals surface area contributed by atoms with Gasteiger partial charge in [-0.1, -0.05) is 18.2 Å². The standard InChI is InChI=1S/C18H23N3O5S/c1-3-27(23,24)21-11-9-15(10-12-21)18(22)25-13(2)16-19-20-17(26-16)14-7-5-4-6-8-14/h4-8,13,15H,3,9-12H2,1-2H3. The fourth-order valence-corrected chi connectivity index (χ4v) is 4.10. The van der Waals surface area contributed by atoms with E-state index in [-0.39, 0.29) is 23.5 Å². The zero-order valence-electron chi connectivity index (χ0n) is 15.4. The van der Waals surface area contributed by atoms with Crippen molar-refractivity contribution in [2.75, 3.05) is 18.8 Å². The summed E-state index contributed by atoms with van der Waals surface area (Å²) >= 11 is 0. The summed E-state index contributed by atoms with van der Waals surface area (Å²) in [5.74, 6) is -0.0254. The Balaban J connectivity index is 1.57. The number of nitrogens with zero attached hydrogens (tertiary/aromatic N) is 3. The summed E-state index contributed by atoms with van der Waals surface area (Å²) in [6, 6.07) is 9.34. The van der Waals surface area contributed by atoms with E-state index < -0.39 is 16.1 Å². The quantitative estimate of drug-likeness (QED) is 0.694. The number of benzene rings is 1. The van der Waals surface area contributed by atoms with Crippen LogP contribution in [0.15, 0.2) is 34.7 Å². The Labute approximate surface area is 158 Å². The molecule has 1 unspecified atom stereocenters. The number of piperidine rings is 1. The highest BCUT2D eigenvalue weighted by Gasteiger charge is 2.32. The van der Waals surface area contributed by atoms with Gasteiger partial charge in [-0.2, -0.15) is 0 Å². The molecule has 2 aromatic rings. The molecule has 0 saturated carbocycles. The van der Waals surface area contributed by atoms with E-state index in [1.54, 1.807) is 13.8 Å². The SMILES string of the molecule is CCS(=O)(=O)N1CCC(C(=O)OC(C)c2nnc(-c3ccccc3)o2)CC1. The Bertz CT molecular complexity index is 873. The molecule has 1 aliphatic rings. The van der Waals surface area contributed by atoms with Crippen LogP contribution in [0.3, 0.4) is 0 Å². The Morgan fingerprint density at radius 2 is 1.93 bits per heavy atom. The van der Waals surface area contributed by atoms with Crippen LogP contribution in [-0.4, -0.2) is 47.7 Å². The van der Waals surface area contributed by atoms with Crippen LogP contribution >= 0.6 is 0 Å². The van der Waals surface area contributed by atoms with Gasteiger partial charge in [-0.25, -0.2) is 12.7 Å². The summed E-state index contributed by atoms with van der Waals surface area (Å²) in [6.07, 6.45) is 0.230. The Kier molecular flexibility index (Phi) is 5.91. The third-order valence-electron chi connectivity index (χ3n) is 4.65. The Morgan fingerprint density at radius 3 is 2.56 bits per heavy atom. The second-order valence-electron chi connectivity index (χ2n) is 6.46. The summed E-state index contributed by atoms with van der Waals surface area (Å²) in [7, 11) is -3.21. The van der Waals surface area contributed by atoms with Gasteiger partial charge < -0.3 is 9.15 Å². The number of aromatic nitrogens is 2. The molecule has 1 aromatic heterocycles. The summed E-state index contributed by atoms with van der Waals surface area (Å²) in [6.45, 7) is 3.97. The zero-order chi connectivity index (χ0) is 19.4. The lowest BCUT2D eigenvalue weighted by Crippen LogP contribution is -2.41. The van der Waals surface area contributed by atoms with Gasteiger partial charge in [0, 0.05) is 18.7 Å². The van der Waals surface area contributed by atoms with Crippen LogP contribution in [0.5, 0.6) is 0 Å². The van der Waals surface area contributed by atoms with Crippen molar-refractivity contribution in [2.45, 2.75) is 32.8 Å². The molecule has 146 valence electrons. The van der Waals surface area contributed by atoms with Crippen molar-refractivity contribution in [3.63, 3.8) is 0 Å². The second-order valence-corrected chi connectivity index (χ2v) is 8.72. The van der Waals surface area contributed by atoms with Crippen LogP contribution in [0.2, 0.25) is 0 Å². The van der Waals surface area contributed by atoms with Gasteiger partial charge >= 0.3 is 5.97 Å². The first-order chi connectivity index (χ1) is 12.9. The van der Waals surface area contributed by atoms with Crippen LogP contribution in [0.1, 0.15) is 38.7 Å². The molecule has 0 bridgehead atoms. The molecule has 9 heteroatoms. The number of carbonyl (C=O) groups is 1. The van der Waals surface area contributed by atoms with Gasteiger partial charge in [-0.15, -0.1) is 10.2 Å². The molecule has 0 spiro atoms. The van der Waals surface area contributed by atoms with Crippen molar-refractivity contribution in [3.8, 4) is 11.5 Å². The van der Waals surface area contributed by atoms with Crippen LogP contribution in [0.4, 0.5) is 0 Å². The lowest BCUT2D eigenvalue weighted by Gasteiger charge is -2.30. The first-order valence-electron chi connectivity index (χ1n) is 8.98. The summed E-state index contributed by atoms with van der Waals surface area (Å²) in [4.78, 5) is 12.4. The van der Waals surface area contributed by atoms with Gasteiger partial charge in [0.2, 0.25) is 15.9 Å². The fraction of sp³-hybridized carbons (Fsp3) is 0.500. The monoisotopic (exact) mass is 393 g/mol. The third-order valence-corrected chi connectivity index (χ3v) is 6.53. The molecule has 27 heavy (non-hydrogen) atoms. The lowest BCUT2D eigenvalue weighted by atomic mass is 9.98. The summed E-state index contributed by atoms with van der Waals surface area (Å²) < 4.78 is 36.3. The Hall–Kier alpha value is -2.26. The van der Waals surface area contributed by atoms with Gasteiger partial charge in [0.15, 0.2) is 6.10 Å². The Morgan fingerprint density at radius 1 is 1.26 bits per heavy atom. The molecule has 1 fully saturated rings. The minimum Gasteiger partial charge on any atom is -0.452 e. The maximum absolute atomic E-state index is 12.4. The molecular weight excluding hydrogens is 370 g/mol. The van der Waals surface area contributed by atoms with Gasteiger partial charge in [-0.05, 0) is 38.8 Å². The number of ether oxygens (including phenoxy) is 1. The van der Waals surface area contributed by atoms with E-state index in [2.05, 4.69) is 10.2 Å². The predicted octanol–water partition coefficient (Wildman–Crippen LogP) is 2.40. The van der Waals surface area contributed by atoms with Gasteiger partial charge in [0.1, 0.15) is 0 Å². The first kappa shape index (κ1) is 19.5. The van der Waals surface area contributed by atoms with Crippen molar-refractivity contribution >= 4 is 16.0 Å². The molecule has 3 rings (SSSR count). The van der Waals surface area contributed by atoms with E-state index in [0.29, 0.717) is 31.8 Å². The second kappa shape index (κ2) is 8.18. The zero-order valence-corrected chi connectivity index (χ0v) is 16.2. The van der Waals surface area contributed by atoms with Gasteiger partial charge in [0.05, 0.1) is 11.7 Å². The summed E-state index contributed by atoms with van der Waals surface area (Å²) in [5.41, 5.74) is 0.791. The van der Waals surface area contributed by atoms with E-state index in [1.807, 2.05) is 30.3 Å². The van der Waals surface area contributed by atoms with Gasteiger partial charge in [-0.3, -0.25) is 4.79 Å². The maximum atomic E-state index is 12.4. The highest BCUT2D eigenvalue weighted by molar-refractivity contribution is 7.89. The molecule has 0 amide bonds. The minimum absolute atomic E-state index is 0.0695. The highest BCUT2D eigenvalue weighted by atomic mass is 32.2. The molecule has 8 nitrogen and oxygen atoms in total. The topological polar surface area (TPSA) is 103 Å². The molecule has 1 aliphatic heterocycles. The smallest absolute Gasteiger partial charge is 0.309 e. The highest BCUT2D eigenvalue weighted by Crippen LogP contribution is 2.26. The maximum Gasteiger partial charge on any atom is 0.309 e. The van der Waals surface area contributed by atoms with E-state index in [1.165, 1.54) is 4.31 Å². The minimum atomic E-state index is -3.21. The van der Waals surface area contributed by atoms with E-state index in [0.717, 1.165) is 5.56 Å². The molecule has 0 aliphatic carbocycles. The average Bonchev–Trinajstić information content (AvgIpc) is 3.19. The number of hydrogen-bond acceptors (Lipinski definition) is 7. The van der Waals surface area contributed by atoms with Crippen molar-refractivity contribution < 1.29 is 22.4 Å². The first-order valence-corrected chi connectivity index (χ1v) is 10.6. The van der Waals surface area contributed by atoms with E-state index in [4.69, 9.17) is 9.15 Å². The number of esters is 1. The van der Waals surface area contributed by atoms with Crippen molar-refractivity contribution in [1.29, 1.82) is 0 Å². The number of rotatable bonds is 6. The molecule has 1 saturated heterocycles. The molecule has 0 N–H and O–H groups in total. The van der Waals surface area contributed by atoms with Crippen LogP contribution in [0, 0.1) is 5.92 Å². The normalized spacial score (nSPS) is 17.6. The number of carbonyl (C=O) groups excluding carboxylic acids is 1. The number of sulfonamides is 1. The van der Waals surface area contributed by atoms with Crippen molar-refractivity contribution in [2.24, 2.45) is 5.92 Å². The molecule has 2 heterocycles. The summed E-state index contributed by atoms with van der Waals surface area (Å²) in [5, 5.41) is 7.96.